The Morgan fingerprint density at radius 1 is 0.846 bits per heavy atom. The number of para-hydroxylation sites is 1. The van der Waals surface area contributed by atoms with E-state index in [4.69, 9.17) is 0 Å². The van der Waals surface area contributed by atoms with E-state index in [1.165, 1.54) is 36.4 Å². The first-order chi connectivity index (χ1) is 12.6. The zero-order valence-electron chi connectivity index (χ0n) is 15.8. The van der Waals surface area contributed by atoms with Gasteiger partial charge in [-0.3, -0.25) is 4.31 Å². The molecule has 0 saturated carbocycles. The van der Waals surface area contributed by atoms with Gasteiger partial charge in [-0.15, -0.1) is 0 Å². The predicted octanol–water partition coefficient (Wildman–Crippen LogP) is 5.28. The Balaban J connectivity index is 1.88. The topological polar surface area (TPSA) is 49.4 Å². The molecule has 142 valence electrons. The number of benzene rings is 2. The molecule has 26 heavy (non-hydrogen) atoms. The van der Waals surface area contributed by atoms with Crippen LogP contribution >= 0.6 is 0 Å². The molecule has 2 aromatic carbocycles. The molecule has 0 radical (unpaired) electrons. The average molecular weight is 375 g/mol. The van der Waals surface area contributed by atoms with Crippen molar-refractivity contribution in [2.75, 3.05) is 23.2 Å². The Morgan fingerprint density at radius 3 is 2.12 bits per heavy atom. The van der Waals surface area contributed by atoms with Crippen molar-refractivity contribution in [3.05, 3.63) is 54.6 Å². The second-order valence-corrected chi connectivity index (χ2v) is 8.50. The number of rotatable bonds is 11. The van der Waals surface area contributed by atoms with Crippen LogP contribution in [0.1, 0.15) is 45.4 Å². The minimum atomic E-state index is -3.54. The van der Waals surface area contributed by atoms with Crippen LogP contribution in [-0.2, 0) is 10.0 Å². The van der Waals surface area contributed by atoms with E-state index in [1.807, 2.05) is 30.3 Å². The first-order valence-electron chi connectivity index (χ1n) is 9.43. The molecule has 1 N–H and O–H groups in total. The minimum absolute atomic E-state index is 0.300. The van der Waals surface area contributed by atoms with Crippen molar-refractivity contribution in [1.82, 2.24) is 0 Å². The lowest BCUT2D eigenvalue weighted by Crippen LogP contribution is -2.26. The van der Waals surface area contributed by atoms with Crippen molar-refractivity contribution in [3.8, 4) is 0 Å². The molecule has 0 aromatic heterocycles. The Hall–Kier alpha value is -2.01. The lowest BCUT2D eigenvalue weighted by atomic mass is 10.1. The van der Waals surface area contributed by atoms with Gasteiger partial charge in [-0.05, 0) is 42.8 Å². The number of unbranched alkanes of at least 4 members (excludes halogenated alkanes) is 5. The lowest BCUT2D eigenvalue weighted by Gasteiger charge is -2.19. The summed E-state index contributed by atoms with van der Waals surface area (Å²) >= 11 is 0. The molecule has 0 atom stereocenters. The largest absolute Gasteiger partial charge is 0.385 e. The summed E-state index contributed by atoms with van der Waals surface area (Å²) in [7, 11) is -1.96. The van der Waals surface area contributed by atoms with Crippen molar-refractivity contribution in [2.45, 2.75) is 50.3 Å². The van der Waals surface area contributed by atoms with E-state index < -0.39 is 10.0 Å². The summed E-state index contributed by atoms with van der Waals surface area (Å²) in [6.07, 6.45) is 7.58. The molecular weight excluding hydrogens is 344 g/mol. The third-order valence-corrected chi connectivity index (χ3v) is 6.29. The van der Waals surface area contributed by atoms with Crippen molar-refractivity contribution < 1.29 is 8.42 Å². The van der Waals surface area contributed by atoms with E-state index in [2.05, 4.69) is 12.2 Å². The maximum absolute atomic E-state index is 12.7. The quantitative estimate of drug-likeness (QED) is 0.544. The van der Waals surface area contributed by atoms with Gasteiger partial charge in [0.05, 0.1) is 10.6 Å². The Bertz CT molecular complexity index is 743. The van der Waals surface area contributed by atoms with E-state index in [0.717, 1.165) is 18.7 Å². The highest BCUT2D eigenvalue weighted by Gasteiger charge is 2.20. The van der Waals surface area contributed by atoms with Gasteiger partial charge >= 0.3 is 0 Å². The van der Waals surface area contributed by atoms with Gasteiger partial charge in [-0.1, -0.05) is 57.2 Å². The lowest BCUT2D eigenvalue weighted by molar-refractivity contribution is 0.594. The zero-order chi connectivity index (χ0) is 18.8. The standard InChI is InChI=1S/C21H30N2O2S/c1-3-4-5-6-7-11-18-22-19-14-16-21(17-15-19)26(24,25)23(2)20-12-9-8-10-13-20/h8-10,12-17,22H,3-7,11,18H2,1-2H3. The molecule has 2 aromatic rings. The first kappa shape index (κ1) is 20.3. The molecule has 0 heterocycles. The van der Waals surface area contributed by atoms with Crippen molar-refractivity contribution in [3.63, 3.8) is 0 Å². The number of hydrogen-bond acceptors (Lipinski definition) is 3. The summed E-state index contributed by atoms with van der Waals surface area (Å²) in [6.45, 7) is 3.14. The third-order valence-electron chi connectivity index (χ3n) is 4.49. The number of hydrogen-bond donors (Lipinski definition) is 1. The van der Waals surface area contributed by atoms with Crippen LogP contribution in [0.2, 0.25) is 0 Å². The van der Waals surface area contributed by atoms with Gasteiger partial charge in [0.2, 0.25) is 0 Å². The van der Waals surface area contributed by atoms with E-state index in [-0.39, 0.29) is 0 Å². The van der Waals surface area contributed by atoms with Crippen LogP contribution < -0.4 is 9.62 Å². The fourth-order valence-corrected chi connectivity index (χ4v) is 4.01. The van der Waals surface area contributed by atoms with E-state index >= 15 is 0 Å². The maximum atomic E-state index is 12.7. The van der Waals surface area contributed by atoms with Crippen LogP contribution in [0, 0.1) is 0 Å². The molecule has 0 bridgehead atoms. The highest BCUT2D eigenvalue weighted by molar-refractivity contribution is 7.92. The highest BCUT2D eigenvalue weighted by Crippen LogP contribution is 2.22. The SMILES string of the molecule is CCCCCCCCNc1ccc(S(=O)(=O)N(C)c2ccccc2)cc1. The van der Waals surface area contributed by atoms with Gasteiger partial charge in [0.15, 0.2) is 0 Å². The molecule has 0 aliphatic heterocycles. The monoisotopic (exact) mass is 374 g/mol. The highest BCUT2D eigenvalue weighted by atomic mass is 32.2. The van der Waals surface area contributed by atoms with E-state index in [1.54, 1.807) is 31.3 Å². The van der Waals surface area contributed by atoms with Crippen LogP contribution in [0.5, 0.6) is 0 Å². The summed E-state index contributed by atoms with van der Waals surface area (Å²) in [6, 6.07) is 16.1. The van der Waals surface area contributed by atoms with Gasteiger partial charge in [-0.2, -0.15) is 0 Å². The smallest absolute Gasteiger partial charge is 0.264 e. The number of nitrogens with zero attached hydrogens (tertiary/aromatic N) is 1. The zero-order valence-corrected chi connectivity index (χ0v) is 16.6. The Kier molecular flexibility index (Phi) is 7.98. The van der Waals surface area contributed by atoms with Gasteiger partial charge in [0.1, 0.15) is 0 Å². The second-order valence-electron chi connectivity index (χ2n) is 6.53. The van der Waals surface area contributed by atoms with Crippen molar-refractivity contribution >= 4 is 21.4 Å². The predicted molar refractivity (Wildman–Crippen MR) is 110 cm³/mol. The average Bonchev–Trinajstić information content (AvgIpc) is 2.67. The maximum Gasteiger partial charge on any atom is 0.264 e. The first-order valence-corrected chi connectivity index (χ1v) is 10.9. The van der Waals surface area contributed by atoms with Gasteiger partial charge in [0, 0.05) is 19.3 Å². The van der Waals surface area contributed by atoms with Crippen molar-refractivity contribution in [1.29, 1.82) is 0 Å². The van der Waals surface area contributed by atoms with Crippen molar-refractivity contribution in [2.24, 2.45) is 0 Å². The molecule has 0 fully saturated rings. The summed E-state index contributed by atoms with van der Waals surface area (Å²) in [5.41, 5.74) is 1.61. The van der Waals surface area contributed by atoms with Crippen LogP contribution in [0.4, 0.5) is 11.4 Å². The fourth-order valence-electron chi connectivity index (χ4n) is 2.82. The summed E-state index contributed by atoms with van der Waals surface area (Å²) in [5.74, 6) is 0. The molecule has 0 amide bonds. The Labute approximate surface area is 158 Å². The van der Waals surface area contributed by atoms with Gasteiger partial charge in [-0.25, -0.2) is 8.42 Å². The summed E-state index contributed by atoms with van der Waals surface area (Å²) < 4.78 is 26.8. The molecule has 0 unspecified atom stereocenters. The van der Waals surface area contributed by atoms with Gasteiger partial charge < -0.3 is 5.32 Å². The minimum Gasteiger partial charge on any atom is -0.385 e. The number of anilines is 2. The molecule has 0 spiro atoms. The van der Waals surface area contributed by atoms with Crippen LogP contribution in [0.3, 0.4) is 0 Å². The van der Waals surface area contributed by atoms with E-state index in [9.17, 15) is 8.42 Å². The number of nitrogens with one attached hydrogen (secondary N) is 1. The summed E-state index contributed by atoms with van der Waals surface area (Å²) in [5, 5.41) is 3.37. The molecule has 4 nitrogen and oxygen atoms in total. The molecule has 0 aliphatic carbocycles. The molecule has 2 rings (SSSR count). The van der Waals surface area contributed by atoms with Gasteiger partial charge in [0.25, 0.3) is 10.0 Å². The summed E-state index contributed by atoms with van der Waals surface area (Å²) in [4.78, 5) is 0.300. The number of sulfonamides is 1. The molecule has 5 heteroatoms. The third kappa shape index (κ3) is 5.77. The molecular formula is C21H30N2O2S. The fraction of sp³-hybridized carbons (Fsp3) is 0.429. The normalized spacial score (nSPS) is 11.3. The van der Waals surface area contributed by atoms with Crippen LogP contribution in [-0.4, -0.2) is 22.0 Å². The van der Waals surface area contributed by atoms with Crippen LogP contribution in [0.25, 0.3) is 0 Å². The van der Waals surface area contributed by atoms with Crippen LogP contribution in [0.15, 0.2) is 59.5 Å². The Morgan fingerprint density at radius 2 is 1.46 bits per heavy atom. The molecule has 0 saturated heterocycles. The second kappa shape index (κ2) is 10.2. The van der Waals surface area contributed by atoms with E-state index in [0.29, 0.717) is 10.6 Å². The molecule has 0 aliphatic rings.